The van der Waals surface area contributed by atoms with E-state index in [4.69, 9.17) is 0 Å². The lowest BCUT2D eigenvalue weighted by atomic mass is 10.1. The minimum atomic E-state index is -0.0417. The van der Waals surface area contributed by atoms with Gasteiger partial charge >= 0.3 is 0 Å². The highest BCUT2D eigenvalue weighted by atomic mass is 16.2. The van der Waals surface area contributed by atoms with E-state index in [-0.39, 0.29) is 17.7 Å². The summed E-state index contributed by atoms with van der Waals surface area (Å²) in [7, 11) is 3.47. The highest BCUT2D eigenvalue weighted by Crippen LogP contribution is 2.11. The molecule has 98 valence electrons. The number of hydrogen-bond acceptors (Lipinski definition) is 2. The third kappa shape index (κ3) is 4.20. The van der Waals surface area contributed by atoms with Gasteiger partial charge in [-0.15, -0.1) is 0 Å². The van der Waals surface area contributed by atoms with Gasteiger partial charge in [-0.2, -0.15) is 0 Å². The van der Waals surface area contributed by atoms with Crippen LogP contribution in [0.3, 0.4) is 0 Å². The maximum Gasteiger partial charge on any atom is 0.226 e. The molecule has 1 aromatic rings. The van der Waals surface area contributed by atoms with Gasteiger partial charge in [0.1, 0.15) is 0 Å². The Balaban J connectivity index is 2.63. The molecule has 4 nitrogen and oxygen atoms in total. The number of rotatable bonds is 4. The minimum absolute atomic E-state index is 0.00730. The fourth-order valence-electron chi connectivity index (χ4n) is 1.33. The maximum atomic E-state index is 11.5. The first-order valence-corrected chi connectivity index (χ1v) is 6.00. The third-order valence-corrected chi connectivity index (χ3v) is 2.60. The van der Waals surface area contributed by atoms with Crippen molar-refractivity contribution in [3.8, 4) is 0 Å². The molecule has 4 heteroatoms. The monoisotopic (exact) mass is 248 g/mol. The van der Waals surface area contributed by atoms with Crippen LogP contribution in [0.25, 0.3) is 0 Å². The van der Waals surface area contributed by atoms with E-state index in [1.165, 1.54) is 0 Å². The van der Waals surface area contributed by atoms with E-state index >= 15 is 0 Å². The quantitative estimate of drug-likeness (QED) is 0.885. The number of nitrogens with zero attached hydrogens (tertiary/aromatic N) is 1. The first-order chi connectivity index (χ1) is 8.40. The summed E-state index contributed by atoms with van der Waals surface area (Å²) >= 11 is 0. The van der Waals surface area contributed by atoms with Gasteiger partial charge < -0.3 is 10.2 Å². The van der Waals surface area contributed by atoms with Gasteiger partial charge in [0, 0.05) is 25.7 Å². The molecule has 0 spiro atoms. The first-order valence-electron chi connectivity index (χ1n) is 6.00. The predicted octanol–water partition coefficient (Wildman–Crippen LogP) is 1.91. The summed E-state index contributed by atoms with van der Waals surface area (Å²) in [4.78, 5) is 24.6. The van der Waals surface area contributed by atoms with E-state index < -0.39 is 0 Å². The summed E-state index contributed by atoms with van der Waals surface area (Å²) in [5, 5.41) is 2.81. The lowest BCUT2D eigenvalue weighted by Crippen LogP contribution is -2.23. The molecule has 2 amide bonds. The molecule has 1 N–H and O–H groups in total. The van der Waals surface area contributed by atoms with E-state index in [9.17, 15) is 9.59 Å². The Hall–Kier alpha value is -1.84. The molecule has 0 bridgehead atoms. The molecule has 0 heterocycles. The van der Waals surface area contributed by atoms with Crippen LogP contribution in [0.5, 0.6) is 0 Å². The number of anilines is 1. The van der Waals surface area contributed by atoms with Crippen LogP contribution in [-0.2, 0) is 16.0 Å². The normalized spacial score (nSPS) is 10.3. The fraction of sp³-hybridized carbons (Fsp3) is 0.429. The Morgan fingerprint density at radius 1 is 1.17 bits per heavy atom. The Bertz CT molecular complexity index is 381. The van der Waals surface area contributed by atoms with Crippen LogP contribution in [0.15, 0.2) is 24.3 Å². The summed E-state index contributed by atoms with van der Waals surface area (Å²) in [6, 6.07) is 7.35. The molecule has 18 heavy (non-hydrogen) atoms. The van der Waals surface area contributed by atoms with Gasteiger partial charge in [-0.3, -0.25) is 9.59 Å². The van der Waals surface area contributed by atoms with Gasteiger partial charge in [-0.1, -0.05) is 26.0 Å². The van der Waals surface area contributed by atoms with Crippen molar-refractivity contribution < 1.29 is 9.59 Å². The molecule has 0 saturated carbocycles. The van der Waals surface area contributed by atoms with Crippen molar-refractivity contribution in [2.24, 2.45) is 5.92 Å². The van der Waals surface area contributed by atoms with Gasteiger partial charge in [0.25, 0.3) is 0 Å². The van der Waals surface area contributed by atoms with Crippen LogP contribution in [0.1, 0.15) is 19.4 Å². The van der Waals surface area contributed by atoms with Crippen LogP contribution in [0.2, 0.25) is 0 Å². The molecular weight excluding hydrogens is 228 g/mol. The molecule has 0 aliphatic rings. The maximum absolute atomic E-state index is 11.5. The highest BCUT2D eigenvalue weighted by molar-refractivity contribution is 5.92. The lowest BCUT2D eigenvalue weighted by molar-refractivity contribution is -0.128. The Kier molecular flexibility index (Phi) is 4.89. The molecule has 0 aliphatic carbocycles. The molecular formula is C14H20N2O2. The average Bonchev–Trinajstić information content (AvgIpc) is 2.31. The molecule has 1 rings (SSSR count). The zero-order valence-corrected chi connectivity index (χ0v) is 11.4. The summed E-state index contributed by atoms with van der Waals surface area (Å²) in [6.45, 7) is 3.69. The number of hydrogen-bond donors (Lipinski definition) is 1. The number of amides is 2. The smallest absolute Gasteiger partial charge is 0.226 e. The van der Waals surface area contributed by atoms with Crippen molar-refractivity contribution >= 4 is 17.5 Å². The summed E-state index contributed by atoms with van der Waals surface area (Å²) in [6.07, 6.45) is 0.380. The zero-order chi connectivity index (χ0) is 13.7. The Morgan fingerprint density at radius 2 is 1.72 bits per heavy atom. The molecule has 0 atom stereocenters. The molecule has 0 unspecified atom stereocenters. The van der Waals surface area contributed by atoms with Gasteiger partial charge in [-0.25, -0.2) is 0 Å². The van der Waals surface area contributed by atoms with Crippen molar-refractivity contribution in [2.45, 2.75) is 20.3 Å². The third-order valence-electron chi connectivity index (χ3n) is 2.60. The van der Waals surface area contributed by atoms with Crippen molar-refractivity contribution in [3.05, 3.63) is 29.8 Å². The van der Waals surface area contributed by atoms with E-state index in [0.29, 0.717) is 6.42 Å². The summed E-state index contributed by atoms with van der Waals surface area (Å²) < 4.78 is 0. The number of nitrogens with one attached hydrogen (secondary N) is 1. The highest BCUT2D eigenvalue weighted by Gasteiger charge is 2.08. The summed E-state index contributed by atoms with van der Waals surface area (Å²) in [5.74, 6) is 0.0149. The Morgan fingerprint density at radius 3 is 2.17 bits per heavy atom. The molecule has 0 radical (unpaired) electrons. The van der Waals surface area contributed by atoms with E-state index in [1.54, 1.807) is 19.0 Å². The van der Waals surface area contributed by atoms with Gasteiger partial charge in [0.2, 0.25) is 11.8 Å². The van der Waals surface area contributed by atoms with E-state index in [1.807, 2.05) is 38.1 Å². The zero-order valence-electron chi connectivity index (χ0n) is 11.4. The van der Waals surface area contributed by atoms with Crippen LogP contribution in [-0.4, -0.2) is 30.8 Å². The second-order valence-electron chi connectivity index (χ2n) is 4.81. The van der Waals surface area contributed by atoms with Crippen molar-refractivity contribution in [1.82, 2.24) is 4.90 Å². The number of carbonyl (C=O) groups excluding carboxylic acids is 2. The van der Waals surface area contributed by atoms with Crippen LogP contribution >= 0.6 is 0 Å². The molecule has 0 aliphatic heterocycles. The predicted molar refractivity (Wildman–Crippen MR) is 72.3 cm³/mol. The van der Waals surface area contributed by atoms with Crippen molar-refractivity contribution in [1.29, 1.82) is 0 Å². The number of carbonyl (C=O) groups is 2. The SMILES string of the molecule is CC(C)C(=O)Nc1ccc(CC(=O)N(C)C)cc1. The van der Waals surface area contributed by atoms with Crippen LogP contribution < -0.4 is 5.32 Å². The Labute approximate surface area is 108 Å². The van der Waals surface area contributed by atoms with E-state index in [0.717, 1.165) is 11.3 Å². The fourth-order valence-corrected chi connectivity index (χ4v) is 1.33. The van der Waals surface area contributed by atoms with Crippen molar-refractivity contribution in [2.75, 3.05) is 19.4 Å². The minimum Gasteiger partial charge on any atom is -0.349 e. The first kappa shape index (κ1) is 14.2. The van der Waals surface area contributed by atoms with Gasteiger partial charge in [0.15, 0.2) is 0 Å². The number of benzene rings is 1. The van der Waals surface area contributed by atoms with Gasteiger partial charge in [0.05, 0.1) is 6.42 Å². The molecule has 0 aromatic heterocycles. The molecule has 0 saturated heterocycles. The van der Waals surface area contributed by atoms with Gasteiger partial charge in [-0.05, 0) is 17.7 Å². The standard InChI is InChI=1S/C14H20N2O2/c1-10(2)14(18)15-12-7-5-11(6-8-12)9-13(17)16(3)4/h5-8,10H,9H2,1-4H3,(H,15,18). The topological polar surface area (TPSA) is 49.4 Å². The second-order valence-corrected chi connectivity index (χ2v) is 4.81. The van der Waals surface area contributed by atoms with Crippen LogP contribution in [0.4, 0.5) is 5.69 Å². The van der Waals surface area contributed by atoms with Crippen LogP contribution in [0, 0.1) is 5.92 Å². The van der Waals surface area contributed by atoms with Crippen molar-refractivity contribution in [3.63, 3.8) is 0 Å². The second kappa shape index (κ2) is 6.19. The largest absolute Gasteiger partial charge is 0.349 e. The molecule has 1 aromatic carbocycles. The summed E-state index contributed by atoms with van der Waals surface area (Å²) in [5.41, 5.74) is 1.70. The molecule has 0 fully saturated rings. The number of likely N-dealkylation sites (N-methyl/N-ethyl adjacent to an activating group) is 1. The lowest BCUT2D eigenvalue weighted by Gasteiger charge is -2.11. The average molecular weight is 248 g/mol. The van der Waals surface area contributed by atoms with E-state index in [2.05, 4.69) is 5.32 Å².